The highest BCUT2D eigenvalue weighted by molar-refractivity contribution is 7.45. The van der Waals surface area contributed by atoms with E-state index in [1.807, 2.05) is 27.2 Å². The number of aliphatic hydroxyl groups excluding tert-OH is 2. The maximum absolute atomic E-state index is 12.8. The molecule has 0 aromatic heterocycles. The summed E-state index contributed by atoms with van der Waals surface area (Å²) in [5.74, 6) is -1.52. The lowest BCUT2D eigenvalue weighted by molar-refractivity contribution is -0.870. The van der Waals surface area contributed by atoms with Crippen LogP contribution in [0.25, 0.3) is 0 Å². The molecular formula is C48H88NO11P. The number of ether oxygens (including phenoxy) is 2. The number of nitrogens with zero attached hydrogens (tertiary/aromatic N) is 1. The van der Waals surface area contributed by atoms with Gasteiger partial charge in [0, 0.05) is 31.1 Å². The van der Waals surface area contributed by atoms with E-state index in [0.29, 0.717) is 36.7 Å². The van der Waals surface area contributed by atoms with Gasteiger partial charge in [0.1, 0.15) is 25.5 Å². The summed E-state index contributed by atoms with van der Waals surface area (Å²) in [7, 11) is 1.03. The van der Waals surface area contributed by atoms with Crippen molar-refractivity contribution in [1.82, 2.24) is 0 Å². The van der Waals surface area contributed by atoms with Gasteiger partial charge in [-0.2, -0.15) is 0 Å². The molecule has 1 aliphatic carbocycles. The van der Waals surface area contributed by atoms with Gasteiger partial charge in [0.15, 0.2) is 6.10 Å². The molecule has 0 saturated heterocycles. The Morgan fingerprint density at radius 1 is 0.770 bits per heavy atom. The Morgan fingerprint density at radius 2 is 1.31 bits per heavy atom. The Balaban J connectivity index is 2.43. The Morgan fingerprint density at radius 3 is 1.92 bits per heavy atom. The third kappa shape index (κ3) is 32.4. The van der Waals surface area contributed by atoms with E-state index in [1.54, 1.807) is 6.08 Å². The second-order valence-corrected chi connectivity index (χ2v) is 19.7. The second-order valence-electron chi connectivity index (χ2n) is 18.2. The van der Waals surface area contributed by atoms with E-state index in [2.05, 4.69) is 26.0 Å². The Hall–Kier alpha value is -1.92. The zero-order valence-corrected chi connectivity index (χ0v) is 40.0. The van der Waals surface area contributed by atoms with Crippen LogP contribution in [-0.4, -0.2) is 98.2 Å². The number of aliphatic hydroxyl groups is 2. The number of hydrogen-bond acceptors (Lipinski definition) is 11. The molecule has 0 spiro atoms. The Kier molecular flexibility index (Phi) is 33.2. The summed E-state index contributed by atoms with van der Waals surface area (Å²) in [4.78, 5) is 50.4. The van der Waals surface area contributed by atoms with E-state index in [9.17, 15) is 34.1 Å². The third-order valence-electron chi connectivity index (χ3n) is 11.3. The molecule has 1 saturated carbocycles. The maximum Gasteiger partial charge on any atom is 0.306 e. The van der Waals surface area contributed by atoms with Gasteiger partial charge in [0.2, 0.25) is 0 Å². The van der Waals surface area contributed by atoms with E-state index in [-0.39, 0.29) is 50.1 Å². The molecule has 2 N–H and O–H groups in total. The van der Waals surface area contributed by atoms with Crippen molar-refractivity contribution in [3.63, 3.8) is 0 Å². The summed E-state index contributed by atoms with van der Waals surface area (Å²) in [6.45, 7) is 3.86. The summed E-state index contributed by atoms with van der Waals surface area (Å²) in [5.41, 5.74) is 0. The molecule has 0 aliphatic heterocycles. The average molecular weight is 886 g/mol. The lowest BCUT2D eigenvalue weighted by Crippen LogP contribution is -2.37. The van der Waals surface area contributed by atoms with Crippen molar-refractivity contribution in [3.05, 3.63) is 24.3 Å². The van der Waals surface area contributed by atoms with Crippen LogP contribution < -0.4 is 4.89 Å². The molecule has 0 aromatic rings. The molecule has 1 fully saturated rings. The number of carbonyl (C=O) groups excluding carboxylic acids is 3. The van der Waals surface area contributed by atoms with Crippen LogP contribution in [0.1, 0.15) is 187 Å². The molecule has 0 bridgehead atoms. The summed E-state index contributed by atoms with van der Waals surface area (Å²) in [6.07, 6.45) is 31.0. The van der Waals surface area contributed by atoms with Crippen LogP contribution in [0.5, 0.6) is 0 Å². The fraction of sp³-hybridized carbons (Fsp3) is 0.854. The van der Waals surface area contributed by atoms with Gasteiger partial charge < -0.3 is 38.1 Å². The number of likely N-dealkylation sites (N-methyl/N-ethyl adjacent to an activating group) is 1. The molecule has 61 heavy (non-hydrogen) atoms. The Bertz CT molecular complexity index is 1250. The summed E-state index contributed by atoms with van der Waals surface area (Å²) in [6, 6.07) is 0. The van der Waals surface area contributed by atoms with Crippen molar-refractivity contribution in [2.75, 3.05) is 47.5 Å². The molecule has 356 valence electrons. The van der Waals surface area contributed by atoms with Crippen LogP contribution in [-0.2, 0) is 37.5 Å². The summed E-state index contributed by atoms with van der Waals surface area (Å²) in [5, 5.41) is 20.8. The van der Waals surface area contributed by atoms with Gasteiger partial charge >= 0.3 is 11.9 Å². The number of quaternary nitrogens is 1. The zero-order chi connectivity index (χ0) is 45.2. The van der Waals surface area contributed by atoms with Gasteiger partial charge in [-0.1, -0.05) is 141 Å². The fourth-order valence-electron chi connectivity index (χ4n) is 7.49. The smallest absolute Gasteiger partial charge is 0.306 e. The number of phosphoric acid groups is 1. The van der Waals surface area contributed by atoms with Crippen molar-refractivity contribution in [1.29, 1.82) is 0 Å². The third-order valence-corrected chi connectivity index (χ3v) is 12.3. The van der Waals surface area contributed by atoms with Gasteiger partial charge in [-0.15, -0.1) is 0 Å². The maximum atomic E-state index is 12.8. The van der Waals surface area contributed by atoms with Crippen LogP contribution in [0.3, 0.4) is 0 Å². The molecule has 12 nitrogen and oxygen atoms in total. The highest BCUT2D eigenvalue weighted by Crippen LogP contribution is 2.38. The standard InChI is InChI=1S/C48H88NO11P/c1-6-8-10-11-12-13-14-15-16-17-18-19-20-21-22-23-29-33-48(54)60-42(40-59-61(55,56)58-37-36-49(3,4)5)39-57-47(53)32-28-25-24-27-31-43-44(46(52)38-45(43)51)35-34-41(50)30-26-9-7-2/h15-16,34-35,41-44,46,50,52H,6-14,17-33,36-40H2,1-5H3/b16-15-,35-34+/t41-,42+,43+,44+,46+/m0/s1. The van der Waals surface area contributed by atoms with Crippen molar-refractivity contribution in [2.45, 2.75) is 206 Å². The molecular weight excluding hydrogens is 797 g/mol. The minimum Gasteiger partial charge on any atom is -0.756 e. The number of hydrogen-bond donors (Lipinski definition) is 2. The first-order valence-electron chi connectivity index (χ1n) is 24.1. The lowest BCUT2D eigenvalue weighted by atomic mass is 9.88. The molecule has 0 radical (unpaired) electrons. The fourth-order valence-corrected chi connectivity index (χ4v) is 8.22. The van der Waals surface area contributed by atoms with Crippen molar-refractivity contribution >= 4 is 25.5 Å². The first kappa shape index (κ1) is 57.1. The molecule has 0 heterocycles. The number of rotatable bonds is 40. The van der Waals surface area contributed by atoms with Crippen LogP contribution in [0.15, 0.2) is 24.3 Å². The SMILES string of the molecule is CCCCCCCC/C=C\CCCCCCCCCC(=O)O[C@H](COC(=O)CCCCCC[C@H]1C(=O)C[C@@H](O)[C@@H]1/C=C/[C@@H](O)CCCCC)COP(=O)([O-])OCC[N+](C)(C)C. The molecule has 1 rings (SSSR count). The average Bonchev–Trinajstić information content (AvgIpc) is 3.47. The van der Waals surface area contributed by atoms with E-state index in [4.69, 9.17) is 18.5 Å². The van der Waals surface area contributed by atoms with Gasteiger partial charge in [-0.25, -0.2) is 0 Å². The number of allylic oxidation sites excluding steroid dienone is 2. The minimum atomic E-state index is -4.69. The largest absolute Gasteiger partial charge is 0.756 e. The highest BCUT2D eigenvalue weighted by Gasteiger charge is 2.39. The number of ketones is 1. The number of carbonyl (C=O) groups is 3. The van der Waals surface area contributed by atoms with E-state index < -0.39 is 44.7 Å². The zero-order valence-electron chi connectivity index (χ0n) is 39.1. The molecule has 0 amide bonds. The lowest BCUT2D eigenvalue weighted by Gasteiger charge is -2.28. The normalized spacial score (nSPS) is 19.1. The second kappa shape index (κ2) is 35.4. The monoisotopic (exact) mass is 886 g/mol. The quantitative estimate of drug-likeness (QED) is 0.0198. The van der Waals surface area contributed by atoms with Crippen LogP contribution in [0.4, 0.5) is 0 Å². The number of unbranched alkanes of at least 4 members (excludes halogenated alkanes) is 18. The molecule has 1 aliphatic rings. The van der Waals surface area contributed by atoms with E-state index in [1.165, 1.54) is 64.2 Å². The molecule has 0 aromatic carbocycles. The van der Waals surface area contributed by atoms with Crippen molar-refractivity contribution < 1.29 is 57.1 Å². The summed E-state index contributed by atoms with van der Waals surface area (Å²) < 4.78 is 33.9. The topological polar surface area (TPSA) is 169 Å². The minimum absolute atomic E-state index is 0.0490. The predicted octanol–water partition coefficient (Wildman–Crippen LogP) is 9.87. The van der Waals surface area contributed by atoms with Crippen LogP contribution in [0.2, 0.25) is 0 Å². The number of esters is 2. The van der Waals surface area contributed by atoms with Crippen LogP contribution in [0, 0.1) is 11.8 Å². The van der Waals surface area contributed by atoms with Gasteiger partial charge in [-0.3, -0.25) is 18.9 Å². The van der Waals surface area contributed by atoms with Crippen molar-refractivity contribution in [2.24, 2.45) is 11.8 Å². The first-order valence-corrected chi connectivity index (χ1v) is 25.6. The highest BCUT2D eigenvalue weighted by atomic mass is 31.2. The van der Waals surface area contributed by atoms with Crippen molar-refractivity contribution in [3.8, 4) is 0 Å². The summed E-state index contributed by atoms with van der Waals surface area (Å²) >= 11 is 0. The van der Waals surface area contributed by atoms with Gasteiger partial charge in [0.25, 0.3) is 7.82 Å². The molecule has 13 heteroatoms. The first-order chi connectivity index (χ1) is 29.2. The van der Waals surface area contributed by atoms with E-state index in [0.717, 1.165) is 64.2 Å². The molecule has 6 atom stereocenters. The van der Waals surface area contributed by atoms with Gasteiger partial charge in [0.05, 0.1) is 40.0 Å². The molecule has 1 unspecified atom stereocenters. The van der Waals surface area contributed by atoms with Crippen LogP contribution >= 0.6 is 7.82 Å². The van der Waals surface area contributed by atoms with Gasteiger partial charge in [-0.05, 0) is 51.4 Å². The number of phosphoric ester groups is 1. The predicted molar refractivity (Wildman–Crippen MR) is 242 cm³/mol. The Labute approximate surface area is 370 Å². The van der Waals surface area contributed by atoms with E-state index >= 15 is 0 Å². The number of Topliss-reactive ketones (excluding diaryl/α,β-unsaturated/α-hetero) is 1.